The zero-order valence-electron chi connectivity index (χ0n) is 9.99. The van der Waals surface area contributed by atoms with Crippen LogP contribution in [0.5, 0.6) is 0 Å². The highest BCUT2D eigenvalue weighted by Gasteiger charge is 2.06. The molecule has 0 aliphatic rings. The minimum absolute atomic E-state index is 0.214. The Hall–Kier alpha value is -2.48. The fourth-order valence-corrected chi connectivity index (χ4v) is 1.57. The van der Waals surface area contributed by atoms with Crippen LogP contribution in [0.4, 0.5) is 28.1 Å². The highest BCUT2D eigenvalue weighted by atomic mass is 35.5. The fraction of sp³-hybridized carbons (Fsp3) is 0.100. The van der Waals surface area contributed by atoms with Crippen LogP contribution in [0.15, 0.2) is 18.2 Å². The van der Waals surface area contributed by atoms with Gasteiger partial charge in [-0.15, -0.1) is 5.10 Å². The predicted molar refractivity (Wildman–Crippen MR) is 73.6 cm³/mol. The van der Waals surface area contributed by atoms with Crippen molar-refractivity contribution in [2.45, 2.75) is 0 Å². The second-order valence-electron chi connectivity index (χ2n) is 3.57. The van der Waals surface area contributed by atoms with Crippen LogP contribution < -0.4 is 21.7 Å². The third-order valence-corrected chi connectivity index (χ3v) is 2.52. The number of anilines is 4. The lowest BCUT2D eigenvalue weighted by Gasteiger charge is -2.08. The monoisotopic (exact) mass is 281 g/mol. The number of hydrogen-bond donors (Lipinski definition) is 5. The molecule has 0 spiro atoms. The van der Waals surface area contributed by atoms with Crippen LogP contribution >= 0.6 is 11.6 Å². The van der Waals surface area contributed by atoms with Crippen LogP contribution in [0.2, 0.25) is 5.02 Å². The predicted octanol–water partition coefficient (Wildman–Crippen LogP) is 1.54. The zero-order valence-corrected chi connectivity index (χ0v) is 10.7. The van der Waals surface area contributed by atoms with Crippen LogP contribution in [0.3, 0.4) is 0 Å². The largest absolute Gasteiger partial charge is 0.368 e. The van der Waals surface area contributed by atoms with Crippen molar-refractivity contribution < 1.29 is 4.79 Å². The highest BCUT2D eigenvalue weighted by Crippen LogP contribution is 2.26. The summed E-state index contributed by atoms with van der Waals surface area (Å²) in [5.74, 6) is 0.548. The van der Waals surface area contributed by atoms with Gasteiger partial charge in [0.15, 0.2) is 0 Å². The molecule has 6 N–H and O–H groups in total. The SMILES string of the molecule is CNC(=O)Nc1ccc(Nc2n[nH]c(N)n2)cc1Cl. The summed E-state index contributed by atoms with van der Waals surface area (Å²) >= 11 is 6.05. The molecular formula is C10H12ClN7O. The molecule has 2 aromatic rings. The number of amides is 2. The normalized spacial score (nSPS) is 10.0. The Balaban J connectivity index is 2.12. The third-order valence-electron chi connectivity index (χ3n) is 2.20. The minimum atomic E-state index is -0.343. The van der Waals surface area contributed by atoms with Gasteiger partial charge in [-0.05, 0) is 18.2 Å². The van der Waals surface area contributed by atoms with Crippen molar-refractivity contribution in [1.29, 1.82) is 0 Å². The third kappa shape index (κ3) is 3.26. The number of nitrogen functional groups attached to an aromatic ring is 1. The summed E-state index contributed by atoms with van der Waals surface area (Å²) in [6.45, 7) is 0. The molecule has 2 amide bonds. The maximum atomic E-state index is 11.2. The number of carbonyl (C=O) groups is 1. The van der Waals surface area contributed by atoms with Gasteiger partial charge in [-0.1, -0.05) is 11.6 Å². The number of rotatable bonds is 3. The second-order valence-corrected chi connectivity index (χ2v) is 3.98. The molecule has 0 aliphatic carbocycles. The molecule has 0 radical (unpaired) electrons. The first kappa shape index (κ1) is 13.0. The molecule has 0 aliphatic heterocycles. The standard InChI is InChI=1S/C10H12ClN7O/c1-13-10(19)15-7-3-2-5(4-6(7)11)14-9-16-8(12)17-18-9/h2-4H,1H3,(H2,13,15,19)(H4,12,14,16,17,18). The molecule has 0 unspecified atom stereocenters. The van der Waals surface area contributed by atoms with Gasteiger partial charge in [0.25, 0.3) is 0 Å². The first-order chi connectivity index (χ1) is 9.08. The number of nitrogens with one attached hydrogen (secondary N) is 4. The lowest BCUT2D eigenvalue weighted by molar-refractivity contribution is 0.254. The number of hydrogen-bond acceptors (Lipinski definition) is 5. The Morgan fingerprint density at radius 1 is 1.47 bits per heavy atom. The first-order valence-electron chi connectivity index (χ1n) is 5.31. The van der Waals surface area contributed by atoms with Crippen molar-refractivity contribution in [3.8, 4) is 0 Å². The first-order valence-corrected chi connectivity index (χ1v) is 5.69. The van der Waals surface area contributed by atoms with Crippen molar-refractivity contribution in [2.75, 3.05) is 23.4 Å². The van der Waals surface area contributed by atoms with Gasteiger partial charge in [0.2, 0.25) is 11.9 Å². The topological polar surface area (TPSA) is 121 Å². The Morgan fingerprint density at radius 2 is 2.26 bits per heavy atom. The van der Waals surface area contributed by atoms with E-state index in [1.165, 1.54) is 7.05 Å². The highest BCUT2D eigenvalue weighted by molar-refractivity contribution is 6.34. The lowest BCUT2D eigenvalue weighted by Crippen LogP contribution is -2.24. The van der Waals surface area contributed by atoms with E-state index in [-0.39, 0.29) is 12.0 Å². The second kappa shape index (κ2) is 5.44. The number of H-pyrrole nitrogens is 1. The zero-order chi connectivity index (χ0) is 13.8. The maximum absolute atomic E-state index is 11.2. The summed E-state index contributed by atoms with van der Waals surface area (Å²) in [4.78, 5) is 15.1. The van der Waals surface area contributed by atoms with Gasteiger partial charge in [-0.3, -0.25) is 0 Å². The van der Waals surface area contributed by atoms with Gasteiger partial charge < -0.3 is 21.7 Å². The molecule has 1 aromatic carbocycles. The Morgan fingerprint density at radius 3 is 2.84 bits per heavy atom. The van der Waals surface area contributed by atoms with Gasteiger partial charge in [0.1, 0.15) is 0 Å². The molecule has 0 bridgehead atoms. The van der Waals surface area contributed by atoms with Gasteiger partial charge in [0.05, 0.1) is 10.7 Å². The summed E-state index contributed by atoms with van der Waals surface area (Å²) < 4.78 is 0. The number of benzene rings is 1. The van der Waals surface area contributed by atoms with Gasteiger partial charge >= 0.3 is 6.03 Å². The Kier molecular flexibility index (Phi) is 3.71. The van der Waals surface area contributed by atoms with E-state index < -0.39 is 0 Å². The Labute approximate surface area is 113 Å². The number of aromatic amines is 1. The molecule has 1 heterocycles. The van der Waals surface area contributed by atoms with Crippen LogP contribution in [0.25, 0.3) is 0 Å². The van der Waals surface area contributed by atoms with E-state index in [9.17, 15) is 4.79 Å². The van der Waals surface area contributed by atoms with E-state index in [1.54, 1.807) is 18.2 Å². The van der Waals surface area contributed by atoms with E-state index in [1.807, 2.05) is 0 Å². The van der Waals surface area contributed by atoms with E-state index in [0.717, 1.165) is 0 Å². The summed E-state index contributed by atoms with van der Waals surface area (Å²) in [6, 6.07) is 4.68. The van der Waals surface area contributed by atoms with Crippen molar-refractivity contribution in [3.63, 3.8) is 0 Å². The van der Waals surface area contributed by atoms with Crippen molar-refractivity contribution in [1.82, 2.24) is 20.5 Å². The van der Waals surface area contributed by atoms with Gasteiger partial charge in [-0.25, -0.2) is 9.89 Å². The van der Waals surface area contributed by atoms with Crippen LogP contribution in [0, 0.1) is 0 Å². The minimum Gasteiger partial charge on any atom is -0.368 e. The molecule has 19 heavy (non-hydrogen) atoms. The van der Waals surface area contributed by atoms with Crippen LogP contribution in [-0.4, -0.2) is 28.3 Å². The maximum Gasteiger partial charge on any atom is 0.319 e. The van der Waals surface area contributed by atoms with Crippen LogP contribution in [-0.2, 0) is 0 Å². The van der Waals surface area contributed by atoms with Gasteiger partial charge in [0, 0.05) is 12.7 Å². The number of aromatic nitrogens is 3. The van der Waals surface area contributed by atoms with Crippen molar-refractivity contribution in [2.24, 2.45) is 0 Å². The van der Waals surface area contributed by atoms with E-state index in [4.69, 9.17) is 17.3 Å². The van der Waals surface area contributed by atoms with E-state index >= 15 is 0 Å². The fourth-order valence-electron chi connectivity index (χ4n) is 1.34. The number of carbonyl (C=O) groups excluding carboxylic acids is 1. The van der Waals surface area contributed by atoms with E-state index in [2.05, 4.69) is 31.1 Å². The summed E-state index contributed by atoms with van der Waals surface area (Å²) in [6.07, 6.45) is 0. The molecule has 2 rings (SSSR count). The molecular weight excluding hydrogens is 270 g/mol. The van der Waals surface area contributed by atoms with Crippen LogP contribution in [0.1, 0.15) is 0 Å². The number of nitrogens with two attached hydrogens (primary N) is 1. The summed E-state index contributed by atoms with van der Waals surface area (Å²) in [5.41, 5.74) is 6.58. The molecule has 0 saturated carbocycles. The summed E-state index contributed by atoms with van der Waals surface area (Å²) in [7, 11) is 1.52. The van der Waals surface area contributed by atoms with E-state index in [0.29, 0.717) is 22.3 Å². The Bertz CT molecular complexity index is 597. The quantitative estimate of drug-likeness (QED) is 0.584. The van der Waals surface area contributed by atoms with Crippen molar-refractivity contribution in [3.05, 3.63) is 23.2 Å². The van der Waals surface area contributed by atoms with Crippen molar-refractivity contribution >= 4 is 40.9 Å². The molecule has 0 atom stereocenters. The lowest BCUT2D eigenvalue weighted by atomic mass is 10.3. The molecule has 100 valence electrons. The molecule has 8 nitrogen and oxygen atoms in total. The number of halogens is 1. The molecule has 1 aromatic heterocycles. The smallest absolute Gasteiger partial charge is 0.319 e. The number of urea groups is 1. The molecule has 9 heteroatoms. The molecule has 0 saturated heterocycles. The average molecular weight is 282 g/mol. The van der Waals surface area contributed by atoms with Gasteiger partial charge in [-0.2, -0.15) is 4.98 Å². The number of nitrogens with zero attached hydrogens (tertiary/aromatic N) is 2. The average Bonchev–Trinajstić information content (AvgIpc) is 2.78. The molecule has 0 fully saturated rings. The summed E-state index contributed by atoms with van der Waals surface area (Å²) in [5, 5.41) is 14.7.